The molecule has 0 atom stereocenters. The zero-order chi connectivity index (χ0) is 21.2. The molecule has 0 radical (unpaired) electrons. The van der Waals surface area contributed by atoms with Crippen LogP contribution in [0.2, 0.25) is 0 Å². The number of benzene rings is 3. The van der Waals surface area contributed by atoms with Crippen molar-refractivity contribution >= 4 is 17.3 Å². The van der Waals surface area contributed by atoms with Crippen LogP contribution in [0.15, 0.2) is 66.7 Å². The van der Waals surface area contributed by atoms with Crippen LogP contribution in [0.25, 0.3) is 11.1 Å². The van der Waals surface area contributed by atoms with E-state index in [2.05, 4.69) is 5.32 Å². The van der Waals surface area contributed by atoms with Gasteiger partial charge >= 0.3 is 6.18 Å². The lowest BCUT2D eigenvalue weighted by atomic mass is 10.0. The molecular formula is C22H18F4N2O. The molecule has 0 spiro atoms. The van der Waals surface area contributed by atoms with Crippen LogP contribution in [0.4, 0.5) is 28.9 Å². The van der Waals surface area contributed by atoms with Gasteiger partial charge in [-0.05, 0) is 48.0 Å². The number of para-hydroxylation sites is 1. The van der Waals surface area contributed by atoms with E-state index < -0.39 is 23.5 Å². The minimum atomic E-state index is -4.40. The average molecular weight is 402 g/mol. The van der Waals surface area contributed by atoms with Gasteiger partial charge in [-0.25, -0.2) is 4.39 Å². The van der Waals surface area contributed by atoms with Crippen molar-refractivity contribution in [2.24, 2.45) is 0 Å². The number of nitrogens with zero attached hydrogens (tertiary/aromatic N) is 1. The summed E-state index contributed by atoms with van der Waals surface area (Å²) in [7, 11) is 3.08. The Kier molecular flexibility index (Phi) is 5.59. The standard InChI is InChI=1S/C22H18F4N2O/c1-28(2)21(29)18-12-7-14(13-19(18)23)17-5-3-4-6-20(17)27-16-10-8-15(9-11-16)22(24,25)26/h3-13,27H,1-2H3. The van der Waals surface area contributed by atoms with Crippen molar-refractivity contribution in [2.45, 2.75) is 6.18 Å². The molecule has 7 heteroatoms. The molecule has 0 aliphatic heterocycles. The SMILES string of the molecule is CN(C)C(=O)c1ccc(-c2ccccc2Nc2ccc(C(F)(F)F)cc2)cc1F. The summed E-state index contributed by atoms with van der Waals surface area (Å²) in [4.78, 5) is 13.3. The van der Waals surface area contributed by atoms with Crippen molar-refractivity contribution in [3.05, 3.63) is 83.7 Å². The number of amides is 1. The number of rotatable bonds is 4. The largest absolute Gasteiger partial charge is 0.416 e. The number of nitrogens with one attached hydrogen (secondary N) is 1. The molecule has 0 aromatic heterocycles. The fraction of sp³-hybridized carbons (Fsp3) is 0.136. The number of carbonyl (C=O) groups excluding carboxylic acids is 1. The molecule has 0 unspecified atom stereocenters. The van der Waals surface area contributed by atoms with Crippen molar-refractivity contribution < 1.29 is 22.4 Å². The van der Waals surface area contributed by atoms with Crippen LogP contribution in [-0.2, 0) is 6.18 Å². The molecule has 29 heavy (non-hydrogen) atoms. The van der Waals surface area contributed by atoms with Crippen LogP contribution in [0.3, 0.4) is 0 Å². The first kappa shape index (κ1) is 20.4. The average Bonchev–Trinajstić information content (AvgIpc) is 2.67. The number of anilines is 2. The van der Waals surface area contributed by atoms with Crippen molar-refractivity contribution in [1.29, 1.82) is 0 Å². The molecule has 0 saturated heterocycles. The van der Waals surface area contributed by atoms with Gasteiger partial charge < -0.3 is 10.2 Å². The van der Waals surface area contributed by atoms with Crippen molar-refractivity contribution in [3.63, 3.8) is 0 Å². The van der Waals surface area contributed by atoms with Crippen LogP contribution in [0, 0.1) is 5.82 Å². The lowest BCUT2D eigenvalue weighted by molar-refractivity contribution is -0.137. The Hall–Kier alpha value is -3.35. The van der Waals surface area contributed by atoms with Crippen LogP contribution in [-0.4, -0.2) is 24.9 Å². The lowest BCUT2D eigenvalue weighted by Crippen LogP contribution is -2.22. The van der Waals surface area contributed by atoms with Crippen molar-refractivity contribution in [3.8, 4) is 11.1 Å². The van der Waals surface area contributed by atoms with Crippen LogP contribution in [0.1, 0.15) is 15.9 Å². The molecule has 3 rings (SSSR count). The summed E-state index contributed by atoms with van der Waals surface area (Å²) in [6.07, 6.45) is -4.40. The minimum Gasteiger partial charge on any atom is -0.355 e. The van der Waals surface area contributed by atoms with Gasteiger partial charge in [0.05, 0.1) is 11.1 Å². The predicted octanol–water partition coefficient (Wildman–Crippen LogP) is 5.96. The molecule has 3 aromatic rings. The van der Waals surface area contributed by atoms with E-state index in [1.165, 1.54) is 29.2 Å². The maximum Gasteiger partial charge on any atom is 0.416 e. The van der Waals surface area contributed by atoms with Gasteiger partial charge in [0, 0.05) is 31.0 Å². The van der Waals surface area contributed by atoms with E-state index in [-0.39, 0.29) is 5.56 Å². The third kappa shape index (κ3) is 4.56. The Labute approximate surface area is 165 Å². The van der Waals surface area contributed by atoms with E-state index in [9.17, 15) is 22.4 Å². The summed E-state index contributed by atoms with van der Waals surface area (Å²) >= 11 is 0. The predicted molar refractivity (Wildman–Crippen MR) is 105 cm³/mol. The molecule has 0 heterocycles. The van der Waals surface area contributed by atoms with Gasteiger partial charge in [0.2, 0.25) is 0 Å². The molecule has 1 amide bonds. The molecule has 0 saturated carbocycles. The zero-order valence-corrected chi connectivity index (χ0v) is 15.7. The van der Waals surface area contributed by atoms with Crippen molar-refractivity contribution in [1.82, 2.24) is 4.90 Å². The first-order valence-electron chi connectivity index (χ1n) is 8.71. The fourth-order valence-corrected chi connectivity index (χ4v) is 2.84. The smallest absolute Gasteiger partial charge is 0.355 e. The molecule has 0 bridgehead atoms. The minimum absolute atomic E-state index is 0.0353. The number of carbonyl (C=O) groups is 1. The van der Waals surface area contributed by atoms with Gasteiger partial charge in [-0.3, -0.25) is 4.79 Å². The Morgan fingerprint density at radius 3 is 2.17 bits per heavy atom. The molecule has 0 fully saturated rings. The highest BCUT2D eigenvalue weighted by Crippen LogP contribution is 2.33. The second-order valence-corrected chi connectivity index (χ2v) is 6.64. The Balaban J connectivity index is 1.92. The second-order valence-electron chi connectivity index (χ2n) is 6.64. The van der Waals surface area contributed by atoms with Crippen LogP contribution >= 0.6 is 0 Å². The summed E-state index contributed by atoms with van der Waals surface area (Å²) < 4.78 is 52.7. The molecule has 0 aliphatic rings. The maximum atomic E-state index is 14.5. The summed E-state index contributed by atoms with van der Waals surface area (Å²) in [5.41, 5.74) is 1.47. The zero-order valence-electron chi connectivity index (χ0n) is 15.7. The lowest BCUT2D eigenvalue weighted by Gasteiger charge is -2.15. The third-order valence-corrected chi connectivity index (χ3v) is 4.33. The highest BCUT2D eigenvalue weighted by molar-refractivity contribution is 5.95. The molecule has 150 valence electrons. The van der Waals surface area contributed by atoms with Crippen molar-refractivity contribution in [2.75, 3.05) is 19.4 Å². The fourth-order valence-electron chi connectivity index (χ4n) is 2.84. The van der Waals surface area contributed by atoms with E-state index in [1.54, 1.807) is 44.4 Å². The summed E-state index contributed by atoms with van der Waals surface area (Å²) in [5, 5.41) is 3.06. The van der Waals surface area contributed by atoms with Gasteiger partial charge in [-0.15, -0.1) is 0 Å². The highest BCUT2D eigenvalue weighted by atomic mass is 19.4. The Morgan fingerprint density at radius 2 is 1.59 bits per heavy atom. The highest BCUT2D eigenvalue weighted by Gasteiger charge is 2.29. The quantitative estimate of drug-likeness (QED) is 0.547. The van der Waals surface area contributed by atoms with Gasteiger partial charge in [-0.2, -0.15) is 13.2 Å². The van der Waals surface area contributed by atoms with Gasteiger partial charge in [-0.1, -0.05) is 24.3 Å². The van der Waals surface area contributed by atoms with E-state index in [1.807, 2.05) is 0 Å². The summed E-state index contributed by atoms with van der Waals surface area (Å²) in [6.45, 7) is 0. The molecule has 0 aliphatic carbocycles. The first-order chi connectivity index (χ1) is 13.7. The van der Waals surface area contributed by atoms with Gasteiger partial charge in [0.1, 0.15) is 5.82 Å². The topological polar surface area (TPSA) is 32.3 Å². The summed E-state index contributed by atoms with van der Waals surface area (Å²) in [5.74, 6) is -1.09. The van der Waals surface area contributed by atoms with E-state index in [0.29, 0.717) is 22.5 Å². The van der Waals surface area contributed by atoms with Crippen LogP contribution < -0.4 is 5.32 Å². The summed E-state index contributed by atoms with van der Waals surface area (Å²) in [6, 6.07) is 16.0. The number of halogens is 4. The number of alkyl halides is 3. The third-order valence-electron chi connectivity index (χ3n) is 4.33. The normalized spacial score (nSPS) is 11.2. The van der Waals surface area contributed by atoms with E-state index in [0.717, 1.165) is 12.1 Å². The maximum absolute atomic E-state index is 14.5. The van der Waals surface area contributed by atoms with E-state index in [4.69, 9.17) is 0 Å². The monoisotopic (exact) mass is 402 g/mol. The Morgan fingerprint density at radius 1 is 0.931 bits per heavy atom. The number of hydrogen-bond acceptors (Lipinski definition) is 2. The van der Waals surface area contributed by atoms with Gasteiger partial charge in [0.25, 0.3) is 5.91 Å². The molecule has 1 N–H and O–H groups in total. The molecule has 3 nitrogen and oxygen atoms in total. The Bertz CT molecular complexity index is 1030. The van der Waals surface area contributed by atoms with Gasteiger partial charge in [0.15, 0.2) is 0 Å². The van der Waals surface area contributed by atoms with E-state index >= 15 is 0 Å². The first-order valence-corrected chi connectivity index (χ1v) is 8.71. The number of hydrogen-bond donors (Lipinski definition) is 1. The molecular weight excluding hydrogens is 384 g/mol. The molecule has 3 aromatic carbocycles. The van der Waals surface area contributed by atoms with Crippen LogP contribution in [0.5, 0.6) is 0 Å². The second kappa shape index (κ2) is 7.95.